The van der Waals surface area contributed by atoms with E-state index in [4.69, 9.17) is 5.14 Å². The van der Waals surface area contributed by atoms with Crippen LogP contribution in [0.5, 0.6) is 0 Å². The van der Waals surface area contributed by atoms with Gasteiger partial charge in [0.05, 0.1) is 4.91 Å². The summed E-state index contributed by atoms with van der Waals surface area (Å²) in [5.41, 5.74) is 0. The van der Waals surface area contributed by atoms with Gasteiger partial charge in [-0.1, -0.05) is 12.6 Å². The van der Waals surface area contributed by atoms with Gasteiger partial charge in [-0.25, -0.2) is 13.6 Å². The van der Waals surface area contributed by atoms with E-state index in [9.17, 15) is 8.42 Å². The first-order valence-electron chi connectivity index (χ1n) is 2.77. The Morgan fingerprint density at radius 1 is 1.58 bits per heavy atom. The monoisotopic (exact) mass is 228 g/mol. The molecule has 6 heteroatoms. The van der Waals surface area contributed by atoms with E-state index in [2.05, 4.69) is 6.58 Å². The number of thiophene rings is 1. The second kappa shape index (κ2) is 5.01. The molecular weight excluding hydrogens is 221 g/mol. The summed E-state index contributed by atoms with van der Waals surface area (Å²) in [6.07, 6.45) is 0. The summed E-state index contributed by atoms with van der Waals surface area (Å²) in [6.45, 7) is 3.37. The molecule has 1 radical (unpaired) electrons. The maximum atomic E-state index is 10.7. The molecule has 0 aliphatic carbocycles. The summed E-state index contributed by atoms with van der Waals surface area (Å²) in [5.74, 6) is 0. The molecule has 12 heavy (non-hydrogen) atoms. The van der Waals surface area contributed by atoms with Crippen molar-refractivity contribution in [2.45, 2.75) is 0 Å². The minimum atomic E-state index is -3.61. The zero-order chi connectivity index (χ0) is 8.48. The first-order valence-corrected chi connectivity index (χ1v) is 5.20. The number of sulfonamides is 1. The Morgan fingerprint density at radius 2 is 2.17 bits per heavy atom. The molecule has 1 aromatic heterocycles. The van der Waals surface area contributed by atoms with Gasteiger partial charge in [-0.2, -0.15) is 0 Å². The fourth-order valence-electron chi connectivity index (χ4n) is 0.577. The maximum absolute atomic E-state index is 10.7. The molecule has 0 saturated carbocycles. The number of hydrogen-bond donors (Lipinski definition) is 1. The van der Waals surface area contributed by atoms with E-state index in [-0.39, 0.29) is 56.3 Å². The zero-order valence-electron chi connectivity index (χ0n) is 6.65. The molecule has 0 bridgehead atoms. The average molecular weight is 228 g/mol. The van der Waals surface area contributed by atoms with Crippen LogP contribution in [0.3, 0.4) is 0 Å². The van der Waals surface area contributed by atoms with Gasteiger partial charge in [0.2, 0.25) is 10.0 Å². The molecule has 1 aromatic rings. The average Bonchev–Trinajstić information content (AvgIpc) is 2.34. The van der Waals surface area contributed by atoms with Crippen LogP contribution >= 0.6 is 11.3 Å². The zero-order valence-corrected chi connectivity index (χ0v) is 11.4. The number of rotatable bonds is 2. The van der Waals surface area contributed by atoms with Gasteiger partial charge in [0.15, 0.2) is 0 Å². The summed E-state index contributed by atoms with van der Waals surface area (Å²) >= 11 is 1.30. The van der Waals surface area contributed by atoms with Gasteiger partial charge in [-0.3, -0.25) is 0 Å². The molecule has 0 aliphatic heterocycles. The Morgan fingerprint density at radius 3 is 2.50 bits per heavy atom. The molecule has 1 rings (SSSR count). The summed E-state index contributed by atoms with van der Waals surface area (Å²) in [7, 11) is -3.61. The standard InChI is InChI=1S/C6H7NO2S2.K/c1-5(11(7,8)9)6-3-2-4-10-6;/h2-4H,1H2,(H2,7,8,9);. The van der Waals surface area contributed by atoms with E-state index in [0.29, 0.717) is 4.88 Å². The van der Waals surface area contributed by atoms with Crippen molar-refractivity contribution >= 4 is 77.6 Å². The van der Waals surface area contributed by atoms with Crippen LogP contribution in [0.15, 0.2) is 24.1 Å². The third kappa shape index (κ3) is 3.39. The molecule has 61 valence electrons. The van der Waals surface area contributed by atoms with Gasteiger partial charge in [-0.15, -0.1) is 11.3 Å². The van der Waals surface area contributed by atoms with Crippen molar-refractivity contribution in [3.05, 3.63) is 29.0 Å². The predicted molar refractivity (Wildman–Crippen MR) is 52.2 cm³/mol. The third-order valence-corrected chi connectivity index (χ3v) is 3.11. The number of hydrogen-bond acceptors (Lipinski definition) is 3. The SMILES string of the molecule is C=C(c1cccs1)S(N)(=O)=O.[K]. The molecular formula is C6H7KNO2S2. The van der Waals surface area contributed by atoms with Gasteiger partial charge in [0, 0.05) is 56.3 Å². The Bertz CT molecular complexity index is 355. The minimum Gasteiger partial charge on any atom is -0.225 e. The topological polar surface area (TPSA) is 60.2 Å². The van der Waals surface area contributed by atoms with E-state index in [1.807, 2.05) is 0 Å². The normalized spacial score (nSPS) is 10.4. The molecule has 0 unspecified atom stereocenters. The quantitative estimate of drug-likeness (QED) is 0.755. The van der Waals surface area contributed by atoms with E-state index >= 15 is 0 Å². The number of primary sulfonamides is 1. The summed E-state index contributed by atoms with van der Waals surface area (Å²) in [4.78, 5) is 0.569. The molecule has 0 saturated heterocycles. The van der Waals surface area contributed by atoms with Crippen LogP contribution in [-0.2, 0) is 10.0 Å². The fraction of sp³-hybridized carbons (Fsp3) is 0. The van der Waals surface area contributed by atoms with E-state index in [1.165, 1.54) is 11.3 Å². The predicted octanol–water partition coefficient (Wildman–Crippen LogP) is 0.627. The van der Waals surface area contributed by atoms with Crippen LogP contribution in [0.25, 0.3) is 4.91 Å². The maximum Gasteiger partial charge on any atom is 0.238 e. The second-order valence-electron chi connectivity index (χ2n) is 1.95. The molecule has 3 nitrogen and oxygen atoms in total. The molecule has 0 aromatic carbocycles. The first kappa shape index (κ1) is 13.0. The van der Waals surface area contributed by atoms with E-state index in [1.54, 1.807) is 17.5 Å². The van der Waals surface area contributed by atoms with Crippen LogP contribution in [0.1, 0.15) is 4.88 Å². The molecule has 0 spiro atoms. The van der Waals surface area contributed by atoms with Crippen LogP contribution in [0, 0.1) is 0 Å². The van der Waals surface area contributed by atoms with Crippen LogP contribution in [0.2, 0.25) is 0 Å². The molecule has 0 atom stereocenters. The van der Waals surface area contributed by atoms with Gasteiger partial charge in [0.1, 0.15) is 0 Å². The summed E-state index contributed by atoms with van der Waals surface area (Å²) in [5, 5.41) is 6.62. The van der Waals surface area contributed by atoms with Gasteiger partial charge < -0.3 is 0 Å². The van der Waals surface area contributed by atoms with Crippen LogP contribution < -0.4 is 5.14 Å². The van der Waals surface area contributed by atoms with Crippen molar-refractivity contribution in [1.82, 2.24) is 0 Å². The van der Waals surface area contributed by atoms with Gasteiger partial charge in [0.25, 0.3) is 0 Å². The Labute approximate surface area is 118 Å². The van der Waals surface area contributed by atoms with Crippen molar-refractivity contribution < 1.29 is 8.42 Å². The number of nitrogens with two attached hydrogens (primary N) is 1. The largest absolute Gasteiger partial charge is 0.238 e. The van der Waals surface area contributed by atoms with Crippen LogP contribution in [-0.4, -0.2) is 59.8 Å². The minimum absolute atomic E-state index is 0. The Balaban J connectivity index is 0.00000121. The molecule has 0 fully saturated rings. The van der Waals surface area contributed by atoms with Gasteiger partial charge in [-0.05, 0) is 11.4 Å². The second-order valence-corrected chi connectivity index (χ2v) is 4.48. The fourth-order valence-corrected chi connectivity index (χ4v) is 2.01. The summed E-state index contributed by atoms with van der Waals surface area (Å²) in [6, 6.07) is 3.41. The van der Waals surface area contributed by atoms with Crippen LogP contribution in [0.4, 0.5) is 0 Å². The van der Waals surface area contributed by atoms with E-state index in [0.717, 1.165) is 0 Å². The Hall–Kier alpha value is 0.986. The van der Waals surface area contributed by atoms with Gasteiger partial charge >= 0.3 is 0 Å². The van der Waals surface area contributed by atoms with Crippen molar-refractivity contribution in [1.29, 1.82) is 0 Å². The smallest absolute Gasteiger partial charge is 0.225 e. The molecule has 0 aliphatic rings. The van der Waals surface area contributed by atoms with Crippen molar-refractivity contribution in [2.75, 3.05) is 0 Å². The van der Waals surface area contributed by atoms with Crippen molar-refractivity contribution in [3.63, 3.8) is 0 Å². The molecule has 2 N–H and O–H groups in total. The molecule has 1 heterocycles. The molecule has 0 amide bonds. The summed E-state index contributed by atoms with van der Waals surface area (Å²) < 4.78 is 21.4. The van der Waals surface area contributed by atoms with Crippen molar-refractivity contribution in [2.24, 2.45) is 5.14 Å². The third-order valence-electron chi connectivity index (χ3n) is 1.14. The Kier molecular flexibility index (Phi) is 5.43. The van der Waals surface area contributed by atoms with Crippen molar-refractivity contribution in [3.8, 4) is 0 Å². The first-order chi connectivity index (χ1) is 5.02. The van der Waals surface area contributed by atoms with E-state index < -0.39 is 10.0 Å².